The van der Waals surface area contributed by atoms with Gasteiger partial charge in [0, 0.05) is 24.4 Å². The quantitative estimate of drug-likeness (QED) is 0.257. The Labute approximate surface area is 189 Å². The molecule has 0 spiro atoms. The molecule has 0 aliphatic rings. The van der Waals surface area contributed by atoms with Gasteiger partial charge in [0.05, 0.1) is 19.4 Å². The molecule has 6 nitrogen and oxygen atoms in total. The summed E-state index contributed by atoms with van der Waals surface area (Å²) in [5.41, 5.74) is 5.12. The van der Waals surface area contributed by atoms with E-state index < -0.39 is 0 Å². The summed E-state index contributed by atoms with van der Waals surface area (Å²) in [7, 11) is 0. The number of carbonyl (C=O) groups excluding carboxylic acids is 1. The first-order valence-electron chi connectivity index (χ1n) is 10.9. The molecule has 0 unspecified atom stereocenters. The number of hydrazone groups is 1. The van der Waals surface area contributed by atoms with Crippen LogP contribution in [0.15, 0.2) is 78.2 Å². The van der Waals surface area contributed by atoms with E-state index in [2.05, 4.69) is 41.5 Å². The molecule has 166 valence electrons. The Balaban J connectivity index is 1.39. The standard InChI is InChI=1S/C26H29N3O3/c1-3-20(2)24-7-4-5-8-25(24)32-18-6-17-31-23-11-9-21(10-12-23)19-28-29-26(30)22-13-15-27-16-14-22/h4-5,7-16,19-20H,3,6,17-18H2,1-2H3,(H,29,30)/b28-19-/t20-/m0/s1. The minimum Gasteiger partial charge on any atom is -0.493 e. The van der Waals surface area contributed by atoms with Gasteiger partial charge < -0.3 is 9.47 Å². The lowest BCUT2D eigenvalue weighted by Crippen LogP contribution is -2.17. The van der Waals surface area contributed by atoms with Crippen LogP contribution in [0, 0.1) is 0 Å². The first-order chi connectivity index (χ1) is 15.7. The third kappa shape index (κ3) is 6.94. The number of hydrogen-bond acceptors (Lipinski definition) is 5. The molecule has 3 rings (SSSR count). The average molecular weight is 432 g/mol. The van der Waals surface area contributed by atoms with Gasteiger partial charge >= 0.3 is 0 Å². The van der Waals surface area contributed by atoms with Gasteiger partial charge in [-0.25, -0.2) is 5.43 Å². The Morgan fingerprint density at radius 2 is 1.75 bits per heavy atom. The third-order valence-corrected chi connectivity index (χ3v) is 5.08. The molecule has 0 bridgehead atoms. The fourth-order valence-electron chi connectivity index (χ4n) is 3.05. The van der Waals surface area contributed by atoms with Crippen molar-refractivity contribution in [2.24, 2.45) is 5.10 Å². The highest BCUT2D eigenvalue weighted by atomic mass is 16.5. The number of hydrogen-bond donors (Lipinski definition) is 1. The summed E-state index contributed by atoms with van der Waals surface area (Å²) < 4.78 is 11.8. The van der Waals surface area contributed by atoms with E-state index in [9.17, 15) is 4.79 Å². The lowest BCUT2D eigenvalue weighted by molar-refractivity contribution is 0.0955. The minimum absolute atomic E-state index is 0.280. The molecule has 0 aliphatic carbocycles. The molecule has 1 aromatic heterocycles. The van der Waals surface area contributed by atoms with Crippen molar-refractivity contribution >= 4 is 12.1 Å². The van der Waals surface area contributed by atoms with Crippen molar-refractivity contribution in [2.75, 3.05) is 13.2 Å². The Hall–Kier alpha value is -3.67. The van der Waals surface area contributed by atoms with Gasteiger partial charge in [-0.2, -0.15) is 5.10 Å². The lowest BCUT2D eigenvalue weighted by Gasteiger charge is -2.15. The molecular weight excluding hydrogens is 402 g/mol. The number of nitrogens with one attached hydrogen (secondary N) is 1. The van der Waals surface area contributed by atoms with Gasteiger partial charge in [-0.15, -0.1) is 0 Å². The second-order valence-corrected chi connectivity index (χ2v) is 7.40. The Bertz CT molecular complexity index is 1000. The van der Waals surface area contributed by atoms with E-state index in [1.807, 2.05) is 36.4 Å². The molecule has 0 saturated heterocycles. The molecule has 1 atom stereocenters. The number of rotatable bonds is 11. The summed E-state index contributed by atoms with van der Waals surface area (Å²) in [6.45, 7) is 5.58. The Kier molecular flexibility index (Phi) is 8.80. The molecular formula is C26H29N3O3. The summed E-state index contributed by atoms with van der Waals surface area (Å²) in [6.07, 6.45) is 6.59. The normalized spacial score (nSPS) is 11.8. The van der Waals surface area contributed by atoms with Gasteiger partial charge in [-0.3, -0.25) is 9.78 Å². The van der Waals surface area contributed by atoms with Crippen molar-refractivity contribution in [1.29, 1.82) is 0 Å². The molecule has 3 aromatic rings. The largest absolute Gasteiger partial charge is 0.493 e. The van der Waals surface area contributed by atoms with Gasteiger partial charge in [-0.1, -0.05) is 32.0 Å². The van der Waals surface area contributed by atoms with Crippen LogP contribution in [0.25, 0.3) is 0 Å². The highest BCUT2D eigenvalue weighted by Gasteiger charge is 2.09. The maximum atomic E-state index is 11.9. The van der Waals surface area contributed by atoms with Crippen molar-refractivity contribution in [3.63, 3.8) is 0 Å². The molecule has 6 heteroatoms. The Morgan fingerprint density at radius 3 is 2.50 bits per heavy atom. The van der Waals surface area contributed by atoms with Crippen LogP contribution >= 0.6 is 0 Å². The fourth-order valence-corrected chi connectivity index (χ4v) is 3.05. The number of benzene rings is 2. The summed E-state index contributed by atoms with van der Waals surface area (Å²) >= 11 is 0. The highest BCUT2D eigenvalue weighted by Crippen LogP contribution is 2.28. The molecule has 1 heterocycles. The number of ether oxygens (including phenoxy) is 2. The minimum atomic E-state index is -0.280. The van der Waals surface area contributed by atoms with Crippen LogP contribution < -0.4 is 14.9 Å². The molecule has 0 saturated carbocycles. The molecule has 1 N–H and O–H groups in total. The number of nitrogens with zero attached hydrogens (tertiary/aromatic N) is 2. The van der Waals surface area contributed by atoms with E-state index >= 15 is 0 Å². The van der Waals surface area contributed by atoms with Crippen molar-refractivity contribution in [3.8, 4) is 11.5 Å². The van der Waals surface area contributed by atoms with E-state index in [4.69, 9.17) is 9.47 Å². The van der Waals surface area contributed by atoms with Crippen molar-refractivity contribution < 1.29 is 14.3 Å². The molecule has 0 fully saturated rings. The number of aromatic nitrogens is 1. The molecule has 32 heavy (non-hydrogen) atoms. The third-order valence-electron chi connectivity index (χ3n) is 5.08. The van der Waals surface area contributed by atoms with Gasteiger partial charge in [-0.05, 0) is 65.9 Å². The summed E-state index contributed by atoms with van der Waals surface area (Å²) in [5, 5.41) is 3.99. The van der Waals surface area contributed by atoms with Crippen LogP contribution in [0.2, 0.25) is 0 Å². The first kappa shape index (κ1) is 23.0. The van der Waals surface area contributed by atoms with Gasteiger partial charge in [0.2, 0.25) is 0 Å². The van der Waals surface area contributed by atoms with E-state index in [0.717, 1.165) is 29.9 Å². The molecule has 0 radical (unpaired) electrons. The van der Waals surface area contributed by atoms with Crippen LogP contribution in [0.1, 0.15) is 54.1 Å². The number of pyridine rings is 1. The first-order valence-corrected chi connectivity index (χ1v) is 10.9. The number of carbonyl (C=O) groups is 1. The highest BCUT2D eigenvalue weighted by molar-refractivity contribution is 5.94. The predicted molar refractivity (Wildman–Crippen MR) is 126 cm³/mol. The summed E-state index contributed by atoms with van der Waals surface area (Å²) in [6, 6.07) is 19.0. The Morgan fingerprint density at radius 1 is 1.03 bits per heavy atom. The summed E-state index contributed by atoms with van der Waals surface area (Å²) in [5.74, 6) is 1.94. The summed E-state index contributed by atoms with van der Waals surface area (Å²) in [4.78, 5) is 15.8. The smallest absolute Gasteiger partial charge is 0.271 e. The zero-order chi connectivity index (χ0) is 22.6. The monoisotopic (exact) mass is 431 g/mol. The van der Waals surface area contributed by atoms with Crippen molar-refractivity contribution in [2.45, 2.75) is 32.6 Å². The topological polar surface area (TPSA) is 72.8 Å². The van der Waals surface area contributed by atoms with Crippen LogP contribution in [-0.2, 0) is 0 Å². The maximum absolute atomic E-state index is 11.9. The molecule has 1 amide bonds. The van der Waals surface area contributed by atoms with E-state index in [1.165, 1.54) is 5.56 Å². The second kappa shape index (κ2) is 12.2. The van der Waals surface area contributed by atoms with E-state index in [-0.39, 0.29) is 5.91 Å². The number of para-hydroxylation sites is 1. The van der Waals surface area contributed by atoms with Crippen molar-refractivity contribution in [3.05, 3.63) is 89.7 Å². The lowest BCUT2D eigenvalue weighted by atomic mass is 9.98. The van der Waals surface area contributed by atoms with Crippen LogP contribution in [-0.4, -0.2) is 30.3 Å². The zero-order valence-electron chi connectivity index (χ0n) is 18.5. The second-order valence-electron chi connectivity index (χ2n) is 7.40. The zero-order valence-corrected chi connectivity index (χ0v) is 18.5. The predicted octanol–water partition coefficient (Wildman–Crippen LogP) is 5.21. The van der Waals surface area contributed by atoms with Crippen LogP contribution in [0.5, 0.6) is 11.5 Å². The van der Waals surface area contributed by atoms with Gasteiger partial charge in [0.25, 0.3) is 5.91 Å². The molecule has 2 aromatic carbocycles. The van der Waals surface area contributed by atoms with Crippen molar-refractivity contribution in [1.82, 2.24) is 10.4 Å². The average Bonchev–Trinajstić information content (AvgIpc) is 2.85. The number of amides is 1. The maximum Gasteiger partial charge on any atom is 0.271 e. The SMILES string of the molecule is CC[C@H](C)c1ccccc1OCCCOc1ccc(/C=N\NC(=O)c2ccncc2)cc1. The van der Waals surface area contributed by atoms with Crippen LogP contribution in [0.4, 0.5) is 0 Å². The fraction of sp³-hybridized carbons (Fsp3) is 0.269. The van der Waals surface area contributed by atoms with Crippen LogP contribution in [0.3, 0.4) is 0 Å². The van der Waals surface area contributed by atoms with Gasteiger partial charge in [0.15, 0.2) is 0 Å². The van der Waals surface area contributed by atoms with E-state index in [0.29, 0.717) is 24.7 Å². The van der Waals surface area contributed by atoms with E-state index in [1.54, 1.807) is 30.7 Å². The molecule has 0 aliphatic heterocycles. The van der Waals surface area contributed by atoms with Gasteiger partial charge in [0.1, 0.15) is 11.5 Å².